The molecule has 2 rings (SSSR count). The largest absolute Gasteiger partial charge is 0.323 e. The van der Waals surface area contributed by atoms with Crippen molar-refractivity contribution in [3.05, 3.63) is 65.0 Å². The number of likely N-dealkylation sites (N-methyl/N-ethyl adjacent to an activating group) is 1. The van der Waals surface area contributed by atoms with Crippen LogP contribution in [0.15, 0.2) is 36.4 Å². The summed E-state index contributed by atoms with van der Waals surface area (Å²) in [4.78, 5) is 6.35. The number of nitrogens with two attached hydrogens (primary N) is 1. The third kappa shape index (κ3) is 4.06. The maximum absolute atomic E-state index is 13.7. The quantitative estimate of drug-likeness (QED) is 0.921. The molecule has 2 N–H and O–H groups in total. The van der Waals surface area contributed by atoms with Crippen molar-refractivity contribution in [1.29, 1.82) is 0 Å². The summed E-state index contributed by atoms with van der Waals surface area (Å²) in [5.74, 6) is -1.74. The van der Waals surface area contributed by atoms with Crippen LogP contribution in [0.1, 0.15) is 23.0 Å². The van der Waals surface area contributed by atoms with Crippen molar-refractivity contribution >= 4 is 0 Å². The van der Waals surface area contributed by atoms with Crippen LogP contribution in [-0.2, 0) is 6.54 Å². The molecule has 0 aliphatic carbocycles. The number of pyridine rings is 1. The average molecular weight is 291 g/mol. The zero-order valence-corrected chi connectivity index (χ0v) is 12.2. The summed E-state index contributed by atoms with van der Waals surface area (Å²) < 4.78 is 26.9. The Morgan fingerprint density at radius 1 is 1.19 bits per heavy atom. The van der Waals surface area contributed by atoms with E-state index < -0.39 is 17.7 Å². The topological polar surface area (TPSA) is 42.1 Å². The molecule has 1 unspecified atom stereocenters. The summed E-state index contributed by atoms with van der Waals surface area (Å²) in [6, 6.07) is 9.28. The molecule has 3 nitrogen and oxygen atoms in total. The van der Waals surface area contributed by atoms with Gasteiger partial charge in [0, 0.05) is 30.4 Å². The maximum Gasteiger partial charge on any atom is 0.163 e. The molecular formula is C16H19F2N3. The molecule has 0 radical (unpaired) electrons. The highest BCUT2D eigenvalue weighted by atomic mass is 19.2. The van der Waals surface area contributed by atoms with Crippen LogP contribution in [0.2, 0.25) is 0 Å². The van der Waals surface area contributed by atoms with E-state index in [-0.39, 0.29) is 5.56 Å². The second-order valence-electron chi connectivity index (χ2n) is 5.22. The molecule has 21 heavy (non-hydrogen) atoms. The lowest BCUT2D eigenvalue weighted by Gasteiger charge is -2.21. The number of rotatable bonds is 5. The number of aryl methyl sites for hydroxylation is 1. The molecule has 0 amide bonds. The summed E-state index contributed by atoms with van der Waals surface area (Å²) in [7, 11) is 1.88. The molecule has 5 heteroatoms. The van der Waals surface area contributed by atoms with Crippen LogP contribution >= 0.6 is 0 Å². The number of halogens is 2. The fourth-order valence-electron chi connectivity index (χ4n) is 2.27. The molecule has 2 aromatic rings. The van der Waals surface area contributed by atoms with Gasteiger partial charge in [0.2, 0.25) is 0 Å². The Morgan fingerprint density at radius 2 is 1.90 bits per heavy atom. The molecular weight excluding hydrogens is 272 g/mol. The minimum atomic E-state index is -0.869. The van der Waals surface area contributed by atoms with E-state index in [1.165, 1.54) is 12.1 Å². The van der Waals surface area contributed by atoms with E-state index in [4.69, 9.17) is 5.73 Å². The molecule has 0 saturated carbocycles. The number of benzene rings is 1. The normalized spacial score (nSPS) is 12.7. The third-order valence-corrected chi connectivity index (χ3v) is 3.27. The predicted octanol–water partition coefficient (Wildman–Crippen LogP) is 2.80. The van der Waals surface area contributed by atoms with Gasteiger partial charge in [-0.3, -0.25) is 9.88 Å². The summed E-state index contributed by atoms with van der Waals surface area (Å²) in [5, 5.41) is 0. The minimum absolute atomic E-state index is 0.194. The highest BCUT2D eigenvalue weighted by Crippen LogP contribution is 2.18. The van der Waals surface area contributed by atoms with Gasteiger partial charge in [-0.2, -0.15) is 0 Å². The van der Waals surface area contributed by atoms with E-state index in [1.807, 2.05) is 37.1 Å². The van der Waals surface area contributed by atoms with E-state index in [1.54, 1.807) is 0 Å². The first kappa shape index (κ1) is 15.5. The number of nitrogens with zero attached hydrogens (tertiary/aromatic N) is 2. The predicted molar refractivity (Wildman–Crippen MR) is 78.6 cm³/mol. The van der Waals surface area contributed by atoms with Crippen molar-refractivity contribution < 1.29 is 8.78 Å². The van der Waals surface area contributed by atoms with Gasteiger partial charge in [-0.25, -0.2) is 8.78 Å². The molecule has 0 bridgehead atoms. The SMILES string of the molecule is Cc1cccc(CN(C)CC(N)c2cccc(F)c2F)n1. The first-order valence-corrected chi connectivity index (χ1v) is 6.78. The third-order valence-electron chi connectivity index (χ3n) is 3.27. The van der Waals surface area contributed by atoms with Gasteiger partial charge in [0.25, 0.3) is 0 Å². The lowest BCUT2D eigenvalue weighted by Crippen LogP contribution is -2.29. The molecule has 0 saturated heterocycles. The van der Waals surface area contributed by atoms with Crippen molar-refractivity contribution in [3.63, 3.8) is 0 Å². The van der Waals surface area contributed by atoms with Crippen LogP contribution in [0, 0.1) is 18.6 Å². The minimum Gasteiger partial charge on any atom is -0.323 e. The Morgan fingerprint density at radius 3 is 2.62 bits per heavy atom. The molecule has 0 fully saturated rings. The molecule has 1 aromatic carbocycles. The molecule has 0 spiro atoms. The second kappa shape index (κ2) is 6.74. The fraction of sp³-hybridized carbons (Fsp3) is 0.312. The van der Waals surface area contributed by atoms with Crippen LogP contribution in [0.5, 0.6) is 0 Å². The Labute approximate surface area is 123 Å². The summed E-state index contributed by atoms with van der Waals surface area (Å²) in [6.07, 6.45) is 0. The summed E-state index contributed by atoms with van der Waals surface area (Å²) in [5.41, 5.74) is 8.04. The number of hydrogen-bond acceptors (Lipinski definition) is 3. The smallest absolute Gasteiger partial charge is 0.163 e. The zero-order valence-electron chi connectivity index (χ0n) is 12.2. The van der Waals surface area contributed by atoms with E-state index in [0.717, 1.165) is 17.5 Å². The molecule has 1 aromatic heterocycles. The summed E-state index contributed by atoms with van der Waals surface area (Å²) in [6.45, 7) is 2.94. The highest BCUT2D eigenvalue weighted by Gasteiger charge is 2.16. The Balaban J connectivity index is 2.02. The zero-order chi connectivity index (χ0) is 15.4. The van der Waals surface area contributed by atoms with Crippen LogP contribution in [0.25, 0.3) is 0 Å². The van der Waals surface area contributed by atoms with E-state index in [0.29, 0.717) is 13.1 Å². The van der Waals surface area contributed by atoms with Crippen LogP contribution in [0.4, 0.5) is 8.78 Å². The average Bonchev–Trinajstić information content (AvgIpc) is 2.41. The van der Waals surface area contributed by atoms with Gasteiger partial charge in [-0.1, -0.05) is 18.2 Å². The lowest BCUT2D eigenvalue weighted by atomic mass is 10.1. The second-order valence-corrected chi connectivity index (χ2v) is 5.22. The van der Waals surface area contributed by atoms with Crippen molar-refractivity contribution in [1.82, 2.24) is 9.88 Å². The first-order valence-electron chi connectivity index (χ1n) is 6.78. The van der Waals surface area contributed by atoms with Crippen molar-refractivity contribution in [3.8, 4) is 0 Å². The molecule has 1 heterocycles. The Hall–Kier alpha value is -1.85. The van der Waals surface area contributed by atoms with E-state index in [2.05, 4.69) is 4.98 Å². The standard InChI is InChI=1S/C16H19F2N3/c1-11-5-3-6-12(20-11)9-21(2)10-15(19)13-7-4-8-14(17)16(13)18/h3-8,15H,9-10,19H2,1-2H3. The maximum atomic E-state index is 13.7. The van der Waals surface area contributed by atoms with Crippen molar-refractivity contribution in [2.75, 3.05) is 13.6 Å². The van der Waals surface area contributed by atoms with Gasteiger partial charge in [0.1, 0.15) is 0 Å². The molecule has 0 aliphatic rings. The van der Waals surface area contributed by atoms with Gasteiger partial charge in [-0.15, -0.1) is 0 Å². The Kier molecular flexibility index (Phi) is 4.98. The monoisotopic (exact) mass is 291 g/mol. The summed E-state index contributed by atoms with van der Waals surface area (Å²) >= 11 is 0. The molecule has 0 aliphatic heterocycles. The van der Waals surface area contributed by atoms with Crippen molar-refractivity contribution in [2.24, 2.45) is 5.73 Å². The fourth-order valence-corrected chi connectivity index (χ4v) is 2.27. The first-order chi connectivity index (χ1) is 9.97. The number of aromatic nitrogens is 1. The van der Waals surface area contributed by atoms with E-state index in [9.17, 15) is 8.78 Å². The van der Waals surface area contributed by atoms with Gasteiger partial charge in [0.15, 0.2) is 11.6 Å². The highest BCUT2D eigenvalue weighted by molar-refractivity contribution is 5.22. The number of hydrogen-bond donors (Lipinski definition) is 1. The van der Waals surface area contributed by atoms with Crippen LogP contribution in [0.3, 0.4) is 0 Å². The van der Waals surface area contributed by atoms with E-state index >= 15 is 0 Å². The van der Waals surface area contributed by atoms with Gasteiger partial charge < -0.3 is 5.73 Å². The van der Waals surface area contributed by atoms with Gasteiger partial charge >= 0.3 is 0 Å². The Bertz CT molecular complexity index is 616. The lowest BCUT2D eigenvalue weighted by molar-refractivity contribution is 0.298. The van der Waals surface area contributed by atoms with Crippen LogP contribution in [-0.4, -0.2) is 23.5 Å². The van der Waals surface area contributed by atoms with Gasteiger partial charge in [-0.05, 0) is 32.2 Å². The molecule has 1 atom stereocenters. The van der Waals surface area contributed by atoms with Crippen LogP contribution < -0.4 is 5.73 Å². The van der Waals surface area contributed by atoms with Gasteiger partial charge in [0.05, 0.1) is 5.69 Å². The molecule has 112 valence electrons. The van der Waals surface area contributed by atoms with Crippen molar-refractivity contribution in [2.45, 2.75) is 19.5 Å².